The van der Waals surface area contributed by atoms with Crippen molar-refractivity contribution in [3.63, 3.8) is 0 Å². The van der Waals surface area contributed by atoms with Crippen LogP contribution in [0.5, 0.6) is 0 Å². The minimum Gasteiger partial charge on any atom is -0.278 e. The zero-order valence-corrected chi connectivity index (χ0v) is 13.8. The fourth-order valence-corrected chi connectivity index (χ4v) is 4.36. The number of hydrogen-bond acceptors (Lipinski definition) is 3. The number of halogens is 4. The molecule has 3 nitrogen and oxygen atoms in total. The van der Waals surface area contributed by atoms with Crippen LogP contribution in [0.4, 0.5) is 18.9 Å². The first-order valence-electron chi connectivity index (χ1n) is 5.55. The number of nitrogens with one attached hydrogen (secondary N) is 1. The van der Waals surface area contributed by atoms with Gasteiger partial charge in [-0.1, -0.05) is 0 Å². The van der Waals surface area contributed by atoms with E-state index >= 15 is 0 Å². The Morgan fingerprint density at radius 1 is 1.19 bits per heavy atom. The molecule has 0 amide bonds. The van der Waals surface area contributed by atoms with Crippen LogP contribution in [0.3, 0.4) is 0 Å². The van der Waals surface area contributed by atoms with Gasteiger partial charge in [-0.05, 0) is 53.2 Å². The predicted octanol–water partition coefficient (Wildman–Crippen LogP) is 4.64. The fourth-order valence-electron chi connectivity index (χ4n) is 1.53. The van der Waals surface area contributed by atoms with Gasteiger partial charge < -0.3 is 0 Å². The SMILES string of the molecule is Cc1ccc(S(=O)(=O)Nc2cc(C(F)(F)F)ccc2Br)s1. The van der Waals surface area contributed by atoms with Crippen molar-refractivity contribution in [2.24, 2.45) is 0 Å². The molecule has 0 aliphatic heterocycles. The third-order valence-corrected chi connectivity index (χ3v) is 6.07. The molecule has 21 heavy (non-hydrogen) atoms. The Balaban J connectivity index is 2.39. The van der Waals surface area contributed by atoms with E-state index < -0.39 is 21.8 Å². The van der Waals surface area contributed by atoms with Gasteiger partial charge in [0, 0.05) is 9.35 Å². The summed E-state index contributed by atoms with van der Waals surface area (Å²) in [7, 11) is -3.91. The van der Waals surface area contributed by atoms with Crippen molar-refractivity contribution in [2.45, 2.75) is 17.3 Å². The number of alkyl halides is 3. The fraction of sp³-hybridized carbons (Fsp3) is 0.167. The summed E-state index contributed by atoms with van der Waals surface area (Å²) >= 11 is 4.08. The zero-order valence-electron chi connectivity index (χ0n) is 10.5. The molecule has 1 N–H and O–H groups in total. The first-order valence-corrected chi connectivity index (χ1v) is 8.65. The Morgan fingerprint density at radius 3 is 2.38 bits per heavy atom. The lowest BCUT2D eigenvalue weighted by Gasteiger charge is -2.12. The van der Waals surface area contributed by atoms with E-state index in [0.717, 1.165) is 34.4 Å². The summed E-state index contributed by atoms with van der Waals surface area (Å²) in [5.41, 5.74) is -1.08. The molecule has 0 bridgehead atoms. The quantitative estimate of drug-likeness (QED) is 0.816. The Morgan fingerprint density at radius 2 is 1.86 bits per heavy atom. The number of hydrogen-bond donors (Lipinski definition) is 1. The summed E-state index contributed by atoms with van der Waals surface area (Å²) in [5.74, 6) is 0. The van der Waals surface area contributed by atoms with Crippen molar-refractivity contribution in [3.8, 4) is 0 Å². The van der Waals surface area contributed by atoms with Gasteiger partial charge in [0.2, 0.25) is 0 Å². The lowest BCUT2D eigenvalue weighted by molar-refractivity contribution is -0.137. The van der Waals surface area contributed by atoms with Crippen LogP contribution >= 0.6 is 27.3 Å². The highest BCUT2D eigenvalue weighted by Gasteiger charge is 2.31. The van der Waals surface area contributed by atoms with E-state index in [9.17, 15) is 21.6 Å². The molecule has 0 saturated heterocycles. The minimum atomic E-state index is -4.54. The van der Waals surface area contributed by atoms with E-state index in [-0.39, 0.29) is 14.4 Å². The molecule has 2 aromatic rings. The van der Waals surface area contributed by atoms with Gasteiger partial charge >= 0.3 is 6.18 Å². The summed E-state index contributed by atoms with van der Waals surface area (Å²) in [6, 6.07) is 5.81. The van der Waals surface area contributed by atoms with Gasteiger partial charge in [0.25, 0.3) is 10.0 Å². The highest BCUT2D eigenvalue weighted by atomic mass is 79.9. The monoisotopic (exact) mass is 399 g/mol. The highest BCUT2D eigenvalue weighted by Crippen LogP contribution is 2.35. The third kappa shape index (κ3) is 3.78. The van der Waals surface area contributed by atoms with Gasteiger partial charge in [-0.25, -0.2) is 8.42 Å². The molecule has 0 atom stereocenters. The van der Waals surface area contributed by atoms with Crippen LogP contribution in [0.25, 0.3) is 0 Å². The van der Waals surface area contributed by atoms with Gasteiger partial charge in [0.05, 0.1) is 11.3 Å². The Bertz CT molecular complexity index is 769. The molecule has 0 saturated carbocycles. The summed E-state index contributed by atoms with van der Waals surface area (Å²) in [5, 5.41) is 0. The first kappa shape index (κ1) is 16.3. The van der Waals surface area contributed by atoms with Crippen LogP contribution in [0.2, 0.25) is 0 Å². The minimum absolute atomic E-state index is 0.0457. The summed E-state index contributed by atoms with van der Waals surface area (Å²) < 4.78 is 64.7. The van der Waals surface area contributed by atoms with Crippen molar-refractivity contribution < 1.29 is 21.6 Å². The molecule has 0 radical (unpaired) electrons. The molecule has 0 unspecified atom stereocenters. The van der Waals surface area contributed by atoms with Crippen LogP contribution in [0, 0.1) is 6.92 Å². The second-order valence-corrected chi connectivity index (χ2v) is 8.21. The van der Waals surface area contributed by atoms with Crippen molar-refractivity contribution in [3.05, 3.63) is 45.2 Å². The van der Waals surface area contributed by atoms with Gasteiger partial charge in [-0.2, -0.15) is 13.2 Å². The number of rotatable bonds is 3. The maximum absolute atomic E-state index is 12.7. The van der Waals surface area contributed by atoms with E-state index in [4.69, 9.17) is 0 Å². The molecule has 9 heteroatoms. The van der Waals surface area contributed by atoms with Crippen molar-refractivity contribution in [2.75, 3.05) is 4.72 Å². The maximum Gasteiger partial charge on any atom is 0.416 e. The molecule has 1 heterocycles. The lowest BCUT2D eigenvalue weighted by atomic mass is 10.2. The van der Waals surface area contributed by atoms with Crippen molar-refractivity contribution in [1.29, 1.82) is 0 Å². The Kier molecular flexibility index (Phi) is 4.36. The Labute approximate surface area is 132 Å². The van der Waals surface area contributed by atoms with Gasteiger partial charge in [-0.3, -0.25) is 4.72 Å². The van der Waals surface area contributed by atoms with E-state index in [0.29, 0.717) is 0 Å². The van der Waals surface area contributed by atoms with Crippen LogP contribution < -0.4 is 4.72 Å². The highest BCUT2D eigenvalue weighted by molar-refractivity contribution is 9.10. The van der Waals surface area contributed by atoms with E-state index in [1.54, 1.807) is 13.0 Å². The van der Waals surface area contributed by atoms with E-state index in [1.807, 2.05) is 0 Å². The predicted molar refractivity (Wildman–Crippen MR) is 79.0 cm³/mol. The molecule has 0 spiro atoms. The molecule has 114 valence electrons. The van der Waals surface area contributed by atoms with Crippen LogP contribution in [-0.4, -0.2) is 8.42 Å². The van der Waals surface area contributed by atoms with Gasteiger partial charge in [0.15, 0.2) is 0 Å². The summed E-state index contributed by atoms with van der Waals surface area (Å²) in [6.07, 6.45) is -4.54. The number of aryl methyl sites for hydroxylation is 1. The third-order valence-electron chi connectivity index (χ3n) is 2.52. The smallest absolute Gasteiger partial charge is 0.278 e. The van der Waals surface area contributed by atoms with Crippen molar-refractivity contribution >= 4 is 43.0 Å². The molecule has 0 fully saturated rings. The standard InChI is InChI=1S/C12H9BrF3NO2S2/c1-7-2-5-11(20-7)21(18,19)17-10-6-8(12(14,15)16)3-4-9(10)13/h2-6,17H,1H3. The molecule has 2 rings (SSSR count). The summed E-state index contributed by atoms with van der Waals surface area (Å²) in [4.78, 5) is 0.790. The number of benzene rings is 1. The Hall–Kier alpha value is -1.06. The lowest BCUT2D eigenvalue weighted by Crippen LogP contribution is -2.13. The van der Waals surface area contributed by atoms with Crippen LogP contribution in [0.1, 0.15) is 10.4 Å². The molecular formula is C12H9BrF3NO2S2. The average molecular weight is 400 g/mol. The van der Waals surface area contributed by atoms with Crippen LogP contribution in [0.15, 0.2) is 39.0 Å². The molecule has 0 aliphatic carbocycles. The second kappa shape index (κ2) is 5.62. The second-order valence-electron chi connectivity index (χ2n) is 4.16. The zero-order chi connectivity index (χ0) is 15.8. The normalized spacial score (nSPS) is 12.4. The average Bonchev–Trinajstić information content (AvgIpc) is 2.78. The molecular weight excluding hydrogens is 391 g/mol. The van der Waals surface area contributed by atoms with E-state index in [1.165, 1.54) is 6.07 Å². The van der Waals surface area contributed by atoms with E-state index in [2.05, 4.69) is 20.7 Å². The van der Waals surface area contributed by atoms with Crippen LogP contribution in [-0.2, 0) is 16.2 Å². The maximum atomic E-state index is 12.7. The van der Waals surface area contributed by atoms with Crippen molar-refractivity contribution in [1.82, 2.24) is 0 Å². The summed E-state index contributed by atoms with van der Waals surface area (Å²) in [6.45, 7) is 1.74. The molecule has 1 aromatic carbocycles. The van der Waals surface area contributed by atoms with Gasteiger partial charge in [-0.15, -0.1) is 11.3 Å². The molecule has 0 aliphatic rings. The number of anilines is 1. The first-order chi connectivity index (χ1) is 9.59. The topological polar surface area (TPSA) is 46.2 Å². The van der Waals surface area contributed by atoms with Gasteiger partial charge in [0.1, 0.15) is 4.21 Å². The molecule has 1 aromatic heterocycles. The number of sulfonamides is 1. The largest absolute Gasteiger partial charge is 0.416 e. The number of thiophene rings is 1.